The van der Waals surface area contributed by atoms with Gasteiger partial charge in [-0.05, 0) is 30.3 Å². The van der Waals surface area contributed by atoms with E-state index in [2.05, 4.69) is 15.3 Å². The van der Waals surface area contributed by atoms with Gasteiger partial charge in [0.05, 0.1) is 32.6 Å². The molecular weight excluding hydrogens is 542 g/mol. The predicted molar refractivity (Wildman–Crippen MR) is 144 cm³/mol. The lowest BCUT2D eigenvalue weighted by molar-refractivity contribution is -0.113. The van der Waals surface area contributed by atoms with Crippen molar-refractivity contribution < 1.29 is 9.18 Å². The second kappa shape index (κ2) is 10.4. The molecule has 0 aliphatic rings. The highest BCUT2D eigenvalue weighted by Crippen LogP contribution is 2.28. The number of nitrogens with one attached hydrogen (secondary N) is 1. The number of carbonyl (C=O) groups excluding carboxylic acids is 1. The lowest BCUT2D eigenvalue weighted by Crippen LogP contribution is -2.23. The summed E-state index contributed by atoms with van der Waals surface area (Å²) in [6, 6.07) is 18.4. The molecular formula is C25H15Cl2FN4O2S2. The first-order valence-corrected chi connectivity index (χ1v) is 13.1. The molecule has 0 radical (unpaired) electrons. The van der Waals surface area contributed by atoms with Crippen LogP contribution in [0.2, 0.25) is 10.0 Å². The monoisotopic (exact) mass is 556 g/mol. The zero-order chi connectivity index (χ0) is 25.2. The van der Waals surface area contributed by atoms with E-state index in [0.717, 1.165) is 23.0 Å². The summed E-state index contributed by atoms with van der Waals surface area (Å²) < 4.78 is 15.8. The normalized spacial score (nSPS) is 11.1. The number of hydrogen-bond donors (Lipinski definition) is 1. The molecule has 0 fully saturated rings. The van der Waals surface area contributed by atoms with Gasteiger partial charge in [-0.2, -0.15) is 0 Å². The lowest BCUT2D eigenvalue weighted by Gasteiger charge is -2.14. The Morgan fingerprint density at radius 3 is 2.61 bits per heavy atom. The molecule has 2 aromatic heterocycles. The van der Waals surface area contributed by atoms with E-state index in [1.54, 1.807) is 12.1 Å². The Morgan fingerprint density at radius 2 is 1.83 bits per heavy atom. The first kappa shape index (κ1) is 24.5. The molecule has 0 aliphatic heterocycles. The number of aromatic nitrogens is 3. The molecule has 0 atom stereocenters. The molecule has 0 spiro atoms. The van der Waals surface area contributed by atoms with Gasteiger partial charge in [-0.25, -0.2) is 14.4 Å². The van der Waals surface area contributed by atoms with Crippen molar-refractivity contribution in [2.75, 3.05) is 11.1 Å². The van der Waals surface area contributed by atoms with Gasteiger partial charge in [0.2, 0.25) is 5.91 Å². The third kappa shape index (κ3) is 5.01. The Hall–Kier alpha value is -3.24. The van der Waals surface area contributed by atoms with Crippen molar-refractivity contribution in [1.82, 2.24) is 14.5 Å². The van der Waals surface area contributed by atoms with Crippen LogP contribution in [0.15, 0.2) is 82.1 Å². The van der Waals surface area contributed by atoms with Gasteiger partial charge in [0.25, 0.3) is 5.56 Å². The fourth-order valence-electron chi connectivity index (χ4n) is 3.46. The summed E-state index contributed by atoms with van der Waals surface area (Å²) in [5.41, 5.74) is 1.52. The van der Waals surface area contributed by atoms with E-state index in [9.17, 15) is 14.0 Å². The standard InChI is InChI=1S/C25H15Cl2FN4O2S2/c26-17-10-9-15(11-18(17)27)32-23(34)16-7-4-8-19(28)22(16)31-25(32)36-13-21(33)30-24-29-20(12-35-24)14-5-2-1-3-6-14/h1-12H,13H2,(H,29,30,33). The van der Waals surface area contributed by atoms with Crippen LogP contribution in [0.25, 0.3) is 27.8 Å². The Labute approximate surface area is 222 Å². The first-order valence-electron chi connectivity index (χ1n) is 10.5. The molecule has 0 bridgehead atoms. The van der Waals surface area contributed by atoms with Gasteiger partial charge in [-0.15, -0.1) is 11.3 Å². The molecule has 1 amide bonds. The third-order valence-corrected chi connectivity index (χ3v) is 7.57. The molecule has 36 heavy (non-hydrogen) atoms. The van der Waals surface area contributed by atoms with Crippen LogP contribution in [0.3, 0.4) is 0 Å². The zero-order valence-electron chi connectivity index (χ0n) is 18.2. The van der Waals surface area contributed by atoms with Gasteiger partial charge < -0.3 is 5.32 Å². The summed E-state index contributed by atoms with van der Waals surface area (Å²) in [5.74, 6) is -1.07. The minimum Gasteiger partial charge on any atom is -0.301 e. The smallest absolute Gasteiger partial charge is 0.266 e. The van der Waals surface area contributed by atoms with Crippen LogP contribution in [0.1, 0.15) is 0 Å². The predicted octanol–water partition coefficient (Wildman–Crippen LogP) is 6.69. The number of rotatable bonds is 6. The number of hydrogen-bond acceptors (Lipinski definition) is 6. The van der Waals surface area contributed by atoms with Gasteiger partial charge in [0, 0.05) is 10.9 Å². The van der Waals surface area contributed by atoms with Crippen molar-refractivity contribution in [3.05, 3.63) is 98.3 Å². The van der Waals surface area contributed by atoms with E-state index in [1.165, 1.54) is 40.2 Å². The number of halogens is 3. The summed E-state index contributed by atoms with van der Waals surface area (Å²) in [6.07, 6.45) is 0. The van der Waals surface area contributed by atoms with Crippen LogP contribution in [0, 0.1) is 5.82 Å². The average Bonchev–Trinajstić information content (AvgIpc) is 3.34. The molecule has 3 aromatic carbocycles. The van der Waals surface area contributed by atoms with Crippen molar-refractivity contribution in [2.45, 2.75) is 5.16 Å². The number of para-hydroxylation sites is 1. The third-order valence-electron chi connectivity index (χ3n) is 5.13. The summed E-state index contributed by atoms with van der Waals surface area (Å²) in [5, 5.41) is 5.86. The minimum absolute atomic E-state index is 0.0749. The van der Waals surface area contributed by atoms with Crippen LogP contribution >= 0.6 is 46.3 Å². The molecule has 6 nitrogen and oxygen atoms in total. The van der Waals surface area contributed by atoms with Crippen LogP contribution < -0.4 is 10.9 Å². The van der Waals surface area contributed by atoms with Crippen molar-refractivity contribution in [3.63, 3.8) is 0 Å². The molecule has 2 heterocycles. The molecule has 0 aliphatic carbocycles. The number of fused-ring (bicyclic) bond motifs is 1. The lowest BCUT2D eigenvalue weighted by atomic mass is 10.2. The van der Waals surface area contributed by atoms with Gasteiger partial charge in [-0.3, -0.25) is 14.2 Å². The van der Waals surface area contributed by atoms with E-state index >= 15 is 0 Å². The number of thiazole rings is 1. The van der Waals surface area contributed by atoms with E-state index in [1.807, 2.05) is 35.7 Å². The highest BCUT2D eigenvalue weighted by molar-refractivity contribution is 7.99. The van der Waals surface area contributed by atoms with Crippen molar-refractivity contribution in [2.24, 2.45) is 0 Å². The zero-order valence-corrected chi connectivity index (χ0v) is 21.4. The maximum atomic E-state index is 14.5. The second-order valence-electron chi connectivity index (χ2n) is 7.51. The van der Waals surface area contributed by atoms with Crippen molar-refractivity contribution in [3.8, 4) is 16.9 Å². The molecule has 5 rings (SSSR count). The number of amides is 1. The Balaban J connectivity index is 1.43. The molecule has 180 valence electrons. The van der Waals surface area contributed by atoms with Crippen LogP contribution in [0.5, 0.6) is 0 Å². The summed E-state index contributed by atoms with van der Waals surface area (Å²) in [4.78, 5) is 34.9. The topological polar surface area (TPSA) is 76.9 Å². The highest BCUT2D eigenvalue weighted by Gasteiger charge is 2.18. The van der Waals surface area contributed by atoms with Crippen LogP contribution in [0.4, 0.5) is 9.52 Å². The van der Waals surface area contributed by atoms with Crippen molar-refractivity contribution >= 4 is 68.2 Å². The summed E-state index contributed by atoms with van der Waals surface area (Å²) >= 11 is 14.5. The van der Waals surface area contributed by atoms with E-state index in [0.29, 0.717) is 15.8 Å². The minimum atomic E-state index is -0.631. The maximum Gasteiger partial charge on any atom is 0.266 e. The Kier molecular flexibility index (Phi) is 7.06. The van der Waals surface area contributed by atoms with Gasteiger partial charge in [0.1, 0.15) is 11.3 Å². The van der Waals surface area contributed by atoms with Crippen LogP contribution in [-0.4, -0.2) is 26.2 Å². The van der Waals surface area contributed by atoms with Crippen molar-refractivity contribution in [1.29, 1.82) is 0 Å². The fraction of sp³-hybridized carbons (Fsp3) is 0.0400. The molecule has 5 aromatic rings. The molecule has 1 N–H and O–H groups in total. The highest BCUT2D eigenvalue weighted by atomic mass is 35.5. The number of thioether (sulfide) groups is 1. The molecule has 0 saturated heterocycles. The van der Waals surface area contributed by atoms with E-state index < -0.39 is 11.4 Å². The second-order valence-corrected chi connectivity index (χ2v) is 10.1. The van der Waals surface area contributed by atoms with E-state index in [-0.39, 0.29) is 32.7 Å². The van der Waals surface area contributed by atoms with Gasteiger partial charge in [-0.1, -0.05) is 71.4 Å². The summed E-state index contributed by atoms with van der Waals surface area (Å²) in [6.45, 7) is 0. The van der Waals surface area contributed by atoms with E-state index in [4.69, 9.17) is 23.2 Å². The maximum absolute atomic E-state index is 14.5. The number of carbonyl (C=O) groups is 1. The quantitative estimate of drug-likeness (QED) is 0.186. The molecule has 0 unspecified atom stereocenters. The Bertz CT molecular complexity index is 1660. The molecule has 0 saturated carbocycles. The van der Waals surface area contributed by atoms with Gasteiger partial charge >= 0.3 is 0 Å². The largest absolute Gasteiger partial charge is 0.301 e. The number of anilines is 1. The number of benzene rings is 3. The van der Waals surface area contributed by atoms with Crippen LogP contribution in [-0.2, 0) is 4.79 Å². The molecule has 11 heteroatoms. The number of nitrogens with zero attached hydrogens (tertiary/aromatic N) is 3. The Morgan fingerprint density at radius 1 is 1.03 bits per heavy atom. The fourth-order valence-corrected chi connectivity index (χ4v) is 5.30. The average molecular weight is 557 g/mol. The van der Waals surface area contributed by atoms with Gasteiger partial charge in [0.15, 0.2) is 10.3 Å². The summed E-state index contributed by atoms with van der Waals surface area (Å²) in [7, 11) is 0. The first-order chi connectivity index (χ1) is 17.4. The SMILES string of the molecule is O=C(CSc1nc2c(F)cccc2c(=O)n1-c1ccc(Cl)c(Cl)c1)Nc1nc(-c2ccccc2)cs1.